The predicted octanol–water partition coefficient (Wildman–Crippen LogP) is 2.42. The smallest absolute Gasteiger partial charge is 0.258 e. The molecule has 0 spiro atoms. The van der Waals surface area contributed by atoms with Crippen LogP contribution in [-0.4, -0.2) is 29.9 Å². The molecule has 0 aliphatic carbocycles. The van der Waals surface area contributed by atoms with Gasteiger partial charge < -0.3 is 15.2 Å². The molecule has 2 rings (SSSR count). The van der Waals surface area contributed by atoms with Crippen molar-refractivity contribution in [3.05, 3.63) is 59.1 Å². The molecule has 0 bridgehead atoms. The Hall–Kier alpha value is -2.53. The molecule has 2 aromatic carbocycles. The summed E-state index contributed by atoms with van der Waals surface area (Å²) in [7, 11) is 0. The molecule has 0 aromatic heterocycles. The number of hydrogen-bond donors (Lipinski definition) is 2. The lowest BCUT2D eigenvalue weighted by molar-refractivity contribution is -0.122. The number of hydrogen-bond acceptors (Lipinski definition) is 4. The summed E-state index contributed by atoms with van der Waals surface area (Å²) >= 11 is 5.90. The maximum atomic E-state index is 11.8. The number of phenols is 1. The van der Waals surface area contributed by atoms with Crippen molar-refractivity contribution >= 4 is 23.3 Å². The van der Waals surface area contributed by atoms with E-state index in [0.29, 0.717) is 16.3 Å². The highest BCUT2D eigenvalue weighted by molar-refractivity contribution is 6.32. The van der Waals surface area contributed by atoms with Crippen LogP contribution in [0.1, 0.15) is 10.4 Å². The average Bonchev–Trinajstić information content (AvgIpc) is 2.52. The molecule has 5 nitrogen and oxygen atoms in total. The highest BCUT2D eigenvalue weighted by Crippen LogP contribution is 2.22. The summed E-state index contributed by atoms with van der Waals surface area (Å²) < 4.78 is 5.26. The normalized spacial score (nSPS) is 10.0. The number of ketones is 1. The third-order valence-corrected chi connectivity index (χ3v) is 3.14. The van der Waals surface area contributed by atoms with Crippen LogP contribution in [0.4, 0.5) is 0 Å². The zero-order chi connectivity index (χ0) is 15.9. The van der Waals surface area contributed by atoms with Gasteiger partial charge in [0.2, 0.25) is 0 Å². The van der Waals surface area contributed by atoms with E-state index in [2.05, 4.69) is 5.32 Å². The van der Waals surface area contributed by atoms with Crippen LogP contribution in [0.2, 0.25) is 5.02 Å². The van der Waals surface area contributed by atoms with E-state index < -0.39 is 5.91 Å². The summed E-state index contributed by atoms with van der Waals surface area (Å²) in [5.74, 6) is -0.198. The molecular formula is C16H14ClNO4. The second-order valence-electron chi connectivity index (χ2n) is 4.47. The van der Waals surface area contributed by atoms with E-state index in [1.807, 2.05) is 0 Å². The quantitative estimate of drug-likeness (QED) is 0.802. The average molecular weight is 320 g/mol. The maximum absolute atomic E-state index is 11.8. The molecule has 0 saturated heterocycles. The molecule has 1 amide bonds. The van der Waals surface area contributed by atoms with Gasteiger partial charge in [0.25, 0.3) is 5.91 Å². The standard InChI is InChI=1S/C16H14ClNO4/c17-13-3-1-2-4-15(13)22-10-16(21)18-9-14(20)11-5-7-12(19)8-6-11/h1-8,19H,9-10H2,(H,18,21). The van der Waals surface area contributed by atoms with Crippen LogP contribution < -0.4 is 10.1 Å². The molecule has 0 aliphatic rings. The fourth-order valence-corrected chi connectivity index (χ4v) is 1.87. The first-order valence-corrected chi connectivity index (χ1v) is 6.90. The Balaban J connectivity index is 1.79. The van der Waals surface area contributed by atoms with Crippen molar-refractivity contribution in [3.8, 4) is 11.5 Å². The number of ether oxygens (including phenoxy) is 1. The van der Waals surface area contributed by atoms with Crippen molar-refractivity contribution in [1.29, 1.82) is 0 Å². The molecule has 0 fully saturated rings. The van der Waals surface area contributed by atoms with Gasteiger partial charge in [-0.25, -0.2) is 0 Å². The molecule has 2 aromatic rings. The Morgan fingerprint density at radius 2 is 1.77 bits per heavy atom. The predicted molar refractivity (Wildman–Crippen MR) is 82.4 cm³/mol. The number of rotatable bonds is 6. The van der Waals surface area contributed by atoms with Gasteiger partial charge in [0.15, 0.2) is 12.4 Å². The minimum absolute atomic E-state index is 0.0775. The van der Waals surface area contributed by atoms with Crippen LogP contribution in [0.5, 0.6) is 11.5 Å². The van der Waals surface area contributed by atoms with Crippen LogP contribution in [0.15, 0.2) is 48.5 Å². The first-order valence-electron chi connectivity index (χ1n) is 6.52. The summed E-state index contributed by atoms with van der Waals surface area (Å²) in [5.41, 5.74) is 0.408. The van der Waals surface area contributed by atoms with Crippen LogP contribution in [0, 0.1) is 0 Å². The van der Waals surface area contributed by atoms with Crippen molar-refractivity contribution in [2.45, 2.75) is 0 Å². The van der Waals surface area contributed by atoms with Gasteiger partial charge in [0.1, 0.15) is 11.5 Å². The summed E-state index contributed by atoms with van der Waals surface area (Å²) in [6, 6.07) is 12.6. The number of aromatic hydroxyl groups is 1. The maximum Gasteiger partial charge on any atom is 0.258 e. The molecule has 114 valence electrons. The van der Waals surface area contributed by atoms with Gasteiger partial charge in [0, 0.05) is 5.56 Å². The number of para-hydroxylation sites is 1. The van der Waals surface area contributed by atoms with E-state index in [1.165, 1.54) is 24.3 Å². The second-order valence-corrected chi connectivity index (χ2v) is 4.87. The van der Waals surface area contributed by atoms with Crippen molar-refractivity contribution in [2.75, 3.05) is 13.2 Å². The number of benzene rings is 2. The Labute approximate surface area is 132 Å². The van der Waals surface area contributed by atoms with Crippen LogP contribution in [0.3, 0.4) is 0 Å². The monoisotopic (exact) mass is 319 g/mol. The SMILES string of the molecule is O=C(COc1ccccc1Cl)NCC(=O)c1ccc(O)cc1. The van der Waals surface area contributed by atoms with Crippen LogP contribution >= 0.6 is 11.6 Å². The largest absolute Gasteiger partial charge is 0.508 e. The fraction of sp³-hybridized carbons (Fsp3) is 0.125. The first kappa shape index (κ1) is 15.9. The number of carbonyl (C=O) groups excluding carboxylic acids is 2. The molecular weight excluding hydrogens is 306 g/mol. The third-order valence-electron chi connectivity index (χ3n) is 2.83. The molecule has 2 N–H and O–H groups in total. The molecule has 0 heterocycles. The number of Topliss-reactive ketones (excluding diaryl/α,β-unsaturated/α-hetero) is 1. The highest BCUT2D eigenvalue weighted by atomic mass is 35.5. The number of carbonyl (C=O) groups is 2. The highest BCUT2D eigenvalue weighted by Gasteiger charge is 2.09. The van der Waals surface area contributed by atoms with Gasteiger partial charge in [-0.05, 0) is 36.4 Å². The number of amides is 1. The molecule has 0 radical (unpaired) electrons. The van der Waals surface area contributed by atoms with Gasteiger partial charge in [0.05, 0.1) is 11.6 Å². The van der Waals surface area contributed by atoms with Gasteiger partial charge >= 0.3 is 0 Å². The molecule has 0 saturated carbocycles. The van der Waals surface area contributed by atoms with Crippen molar-refractivity contribution in [1.82, 2.24) is 5.32 Å². The van der Waals surface area contributed by atoms with Gasteiger partial charge in [-0.3, -0.25) is 9.59 Å². The first-order chi connectivity index (χ1) is 10.6. The molecule has 22 heavy (non-hydrogen) atoms. The van der Waals surface area contributed by atoms with Crippen molar-refractivity contribution < 1.29 is 19.4 Å². The summed E-state index contributed by atoms with van der Waals surface area (Å²) in [6.07, 6.45) is 0. The van der Waals surface area contributed by atoms with Gasteiger partial charge in [-0.1, -0.05) is 23.7 Å². The molecule has 6 heteroatoms. The summed E-state index contributed by atoms with van der Waals surface area (Å²) in [4.78, 5) is 23.5. The zero-order valence-electron chi connectivity index (χ0n) is 11.6. The lowest BCUT2D eigenvalue weighted by Crippen LogP contribution is -2.33. The Morgan fingerprint density at radius 3 is 2.45 bits per heavy atom. The van der Waals surface area contributed by atoms with E-state index in [1.54, 1.807) is 24.3 Å². The molecule has 0 aliphatic heterocycles. The number of phenolic OH excluding ortho intramolecular Hbond substituents is 1. The van der Waals surface area contributed by atoms with E-state index in [-0.39, 0.29) is 24.7 Å². The van der Waals surface area contributed by atoms with E-state index >= 15 is 0 Å². The zero-order valence-corrected chi connectivity index (χ0v) is 12.3. The molecule has 0 unspecified atom stereocenters. The Morgan fingerprint density at radius 1 is 1.09 bits per heavy atom. The van der Waals surface area contributed by atoms with E-state index in [4.69, 9.17) is 21.4 Å². The van der Waals surface area contributed by atoms with Gasteiger partial charge in [-0.2, -0.15) is 0 Å². The summed E-state index contributed by atoms with van der Waals surface area (Å²) in [6.45, 7) is -0.373. The van der Waals surface area contributed by atoms with E-state index in [0.717, 1.165) is 0 Å². The lowest BCUT2D eigenvalue weighted by Gasteiger charge is -2.08. The minimum Gasteiger partial charge on any atom is -0.508 e. The Kier molecular flexibility index (Phi) is 5.38. The number of nitrogens with one attached hydrogen (secondary N) is 1. The van der Waals surface area contributed by atoms with Crippen LogP contribution in [-0.2, 0) is 4.79 Å². The second kappa shape index (κ2) is 7.47. The van der Waals surface area contributed by atoms with Crippen LogP contribution in [0.25, 0.3) is 0 Å². The van der Waals surface area contributed by atoms with Gasteiger partial charge in [-0.15, -0.1) is 0 Å². The van der Waals surface area contributed by atoms with Crippen molar-refractivity contribution in [3.63, 3.8) is 0 Å². The third kappa shape index (κ3) is 4.49. The molecule has 0 atom stereocenters. The summed E-state index contributed by atoms with van der Waals surface area (Å²) in [5, 5.41) is 12.0. The van der Waals surface area contributed by atoms with Crippen molar-refractivity contribution in [2.24, 2.45) is 0 Å². The minimum atomic E-state index is -0.424. The Bertz CT molecular complexity index is 670. The topological polar surface area (TPSA) is 75.6 Å². The fourth-order valence-electron chi connectivity index (χ4n) is 1.68. The lowest BCUT2D eigenvalue weighted by atomic mass is 10.1. The van der Waals surface area contributed by atoms with E-state index in [9.17, 15) is 9.59 Å². The number of halogens is 1.